The average Bonchev–Trinajstić information content (AvgIpc) is 3.14. The lowest BCUT2D eigenvalue weighted by atomic mass is 10.1. The van der Waals surface area contributed by atoms with Crippen LogP contribution >= 0.6 is 0 Å². The maximum absolute atomic E-state index is 12.2. The summed E-state index contributed by atoms with van der Waals surface area (Å²) in [5.74, 6) is -0.655. The lowest BCUT2D eigenvalue weighted by Crippen LogP contribution is -2.23. The lowest BCUT2D eigenvalue weighted by Gasteiger charge is -2.10. The van der Waals surface area contributed by atoms with Gasteiger partial charge in [0.15, 0.2) is 0 Å². The van der Waals surface area contributed by atoms with Crippen molar-refractivity contribution in [3.8, 4) is 11.4 Å². The van der Waals surface area contributed by atoms with E-state index >= 15 is 0 Å². The van der Waals surface area contributed by atoms with Crippen molar-refractivity contribution in [3.63, 3.8) is 0 Å². The highest BCUT2D eigenvalue weighted by atomic mass is 19.4. The second-order valence-electron chi connectivity index (χ2n) is 5.18. The predicted octanol–water partition coefficient (Wildman–Crippen LogP) is 2.49. The number of alkyl halides is 3. The Hall–Kier alpha value is -3.43. The molecule has 0 atom stereocenters. The minimum atomic E-state index is -4.74. The molecule has 26 heavy (non-hydrogen) atoms. The highest BCUT2D eigenvalue weighted by Crippen LogP contribution is 2.22. The third-order valence-electron chi connectivity index (χ3n) is 3.33. The Bertz CT molecular complexity index is 880. The van der Waals surface area contributed by atoms with E-state index in [-0.39, 0.29) is 18.2 Å². The molecule has 0 spiro atoms. The number of halogens is 3. The third kappa shape index (κ3) is 4.56. The van der Waals surface area contributed by atoms with E-state index in [1.54, 1.807) is 24.3 Å². The first-order valence-corrected chi connectivity index (χ1v) is 7.37. The van der Waals surface area contributed by atoms with Gasteiger partial charge in [-0.3, -0.25) is 4.79 Å². The number of nitrogens with one attached hydrogen (secondary N) is 1. The topological polar surface area (TPSA) is 81.9 Å². The van der Waals surface area contributed by atoms with Crippen LogP contribution in [0.3, 0.4) is 0 Å². The molecule has 134 valence electrons. The zero-order valence-corrected chi connectivity index (χ0v) is 13.1. The second kappa shape index (κ2) is 7.21. The van der Waals surface area contributed by atoms with Gasteiger partial charge in [0, 0.05) is 12.1 Å². The van der Waals surface area contributed by atoms with Crippen LogP contribution in [0.5, 0.6) is 5.75 Å². The molecule has 7 nitrogen and oxygen atoms in total. The Morgan fingerprint density at radius 1 is 1.15 bits per heavy atom. The van der Waals surface area contributed by atoms with Crippen molar-refractivity contribution >= 4 is 5.91 Å². The largest absolute Gasteiger partial charge is 0.573 e. The highest BCUT2D eigenvalue weighted by molar-refractivity contribution is 5.94. The summed E-state index contributed by atoms with van der Waals surface area (Å²) >= 11 is 0. The first-order valence-electron chi connectivity index (χ1n) is 7.37. The van der Waals surface area contributed by atoms with Gasteiger partial charge in [-0.15, -0.1) is 18.3 Å². The van der Waals surface area contributed by atoms with Crippen LogP contribution in [0.15, 0.2) is 54.9 Å². The van der Waals surface area contributed by atoms with Crippen LogP contribution < -0.4 is 10.1 Å². The van der Waals surface area contributed by atoms with Crippen molar-refractivity contribution in [3.05, 3.63) is 66.0 Å². The number of carbonyl (C=O) groups is 1. The fraction of sp³-hybridized carbons (Fsp3) is 0.125. The van der Waals surface area contributed by atoms with Crippen LogP contribution in [0.1, 0.15) is 15.9 Å². The average molecular weight is 363 g/mol. The Balaban J connectivity index is 1.61. The molecule has 0 saturated carbocycles. The monoisotopic (exact) mass is 363 g/mol. The number of ether oxygens (including phenoxy) is 1. The summed E-state index contributed by atoms with van der Waals surface area (Å²) < 4.78 is 41.6. The summed E-state index contributed by atoms with van der Waals surface area (Å²) in [6, 6.07) is 11.9. The number of nitrogens with zero attached hydrogens (tertiary/aromatic N) is 4. The fourth-order valence-corrected chi connectivity index (χ4v) is 2.16. The van der Waals surface area contributed by atoms with Crippen molar-refractivity contribution in [1.29, 1.82) is 0 Å². The van der Waals surface area contributed by atoms with E-state index in [4.69, 9.17) is 0 Å². The van der Waals surface area contributed by atoms with Gasteiger partial charge in [-0.25, -0.2) is 4.68 Å². The molecule has 3 rings (SSSR count). The summed E-state index contributed by atoms with van der Waals surface area (Å²) in [5.41, 5.74) is 1.65. The van der Waals surface area contributed by atoms with Gasteiger partial charge in [0.1, 0.15) is 12.1 Å². The molecule has 0 bridgehead atoms. The van der Waals surface area contributed by atoms with Crippen LogP contribution in [0, 0.1) is 0 Å². The Labute approximate surface area is 145 Å². The molecule has 0 aliphatic carbocycles. The maximum Gasteiger partial charge on any atom is 0.573 e. The smallest absolute Gasteiger partial charge is 0.406 e. The van der Waals surface area contributed by atoms with E-state index in [1.807, 2.05) is 0 Å². The van der Waals surface area contributed by atoms with Gasteiger partial charge in [-0.1, -0.05) is 18.2 Å². The quantitative estimate of drug-likeness (QED) is 0.753. The zero-order chi connectivity index (χ0) is 18.6. The zero-order valence-electron chi connectivity index (χ0n) is 13.1. The van der Waals surface area contributed by atoms with Crippen molar-refractivity contribution in [2.24, 2.45) is 0 Å². The molecule has 0 aliphatic heterocycles. The van der Waals surface area contributed by atoms with E-state index < -0.39 is 6.36 Å². The first-order chi connectivity index (χ1) is 12.4. The van der Waals surface area contributed by atoms with E-state index in [0.29, 0.717) is 16.8 Å². The van der Waals surface area contributed by atoms with E-state index in [1.165, 1.54) is 35.3 Å². The van der Waals surface area contributed by atoms with E-state index in [9.17, 15) is 18.0 Å². The molecular formula is C16H12F3N5O2. The number of carbonyl (C=O) groups excluding carboxylic acids is 1. The number of aromatic nitrogens is 4. The number of tetrazole rings is 1. The molecule has 1 amide bonds. The van der Waals surface area contributed by atoms with Gasteiger partial charge in [-0.2, -0.15) is 0 Å². The molecule has 0 radical (unpaired) electrons. The van der Waals surface area contributed by atoms with Crippen LogP contribution in [0.4, 0.5) is 13.2 Å². The SMILES string of the molecule is O=C(NCc1ccc(OC(F)(F)F)cc1)c1cccc(-n2cnnn2)c1. The molecule has 1 aromatic heterocycles. The van der Waals surface area contributed by atoms with Crippen LogP contribution in [-0.4, -0.2) is 32.5 Å². The molecule has 3 aromatic rings. The molecule has 0 saturated heterocycles. The highest BCUT2D eigenvalue weighted by Gasteiger charge is 2.30. The number of hydrogen-bond acceptors (Lipinski definition) is 5. The molecular weight excluding hydrogens is 351 g/mol. The van der Waals surface area contributed by atoms with Crippen molar-refractivity contribution in [2.75, 3.05) is 0 Å². The fourth-order valence-electron chi connectivity index (χ4n) is 2.16. The number of amides is 1. The first kappa shape index (κ1) is 17.4. The molecule has 0 unspecified atom stereocenters. The number of rotatable bonds is 5. The maximum atomic E-state index is 12.2. The predicted molar refractivity (Wildman–Crippen MR) is 83.4 cm³/mol. The number of benzene rings is 2. The van der Waals surface area contributed by atoms with E-state index in [0.717, 1.165) is 0 Å². The van der Waals surface area contributed by atoms with Crippen molar-refractivity contribution in [2.45, 2.75) is 12.9 Å². The summed E-state index contributed by atoms with van der Waals surface area (Å²) in [6.07, 6.45) is -3.33. The van der Waals surface area contributed by atoms with Gasteiger partial charge in [0.25, 0.3) is 5.91 Å². The summed E-state index contributed by atoms with van der Waals surface area (Å²) in [6.45, 7) is 0.153. The van der Waals surface area contributed by atoms with Crippen LogP contribution in [0.2, 0.25) is 0 Å². The van der Waals surface area contributed by atoms with Gasteiger partial charge < -0.3 is 10.1 Å². The van der Waals surface area contributed by atoms with Crippen molar-refractivity contribution < 1.29 is 22.7 Å². The third-order valence-corrected chi connectivity index (χ3v) is 3.33. The summed E-state index contributed by atoms with van der Waals surface area (Å²) in [5, 5.41) is 13.5. The van der Waals surface area contributed by atoms with E-state index in [2.05, 4.69) is 25.6 Å². The lowest BCUT2D eigenvalue weighted by molar-refractivity contribution is -0.274. The minimum Gasteiger partial charge on any atom is -0.406 e. The Morgan fingerprint density at radius 3 is 2.58 bits per heavy atom. The normalized spacial score (nSPS) is 11.2. The molecule has 1 heterocycles. The molecule has 10 heteroatoms. The molecule has 0 fully saturated rings. The van der Waals surface area contributed by atoms with Crippen LogP contribution in [0.25, 0.3) is 5.69 Å². The Morgan fingerprint density at radius 2 is 1.92 bits per heavy atom. The summed E-state index contributed by atoms with van der Waals surface area (Å²) in [7, 11) is 0. The number of hydrogen-bond donors (Lipinski definition) is 1. The van der Waals surface area contributed by atoms with Gasteiger partial charge in [0.2, 0.25) is 0 Å². The van der Waals surface area contributed by atoms with Gasteiger partial charge in [-0.05, 0) is 46.3 Å². The van der Waals surface area contributed by atoms with Crippen LogP contribution in [-0.2, 0) is 6.54 Å². The molecule has 0 aliphatic rings. The molecule has 2 aromatic carbocycles. The summed E-state index contributed by atoms with van der Waals surface area (Å²) in [4.78, 5) is 12.2. The van der Waals surface area contributed by atoms with Gasteiger partial charge in [0.05, 0.1) is 5.69 Å². The molecule has 1 N–H and O–H groups in total. The standard InChI is InChI=1S/C16H12F3N5O2/c17-16(18,19)26-14-6-4-11(5-7-14)9-20-15(25)12-2-1-3-13(8-12)24-10-21-22-23-24/h1-8,10H,9H2,(H,20,25). The van der Waals surface area contributed by atoms with Crippen molar-refractivity contribution in [1.82, 2.24) is 25.5 Å². The Kier molecular flexibility index (Phi) is 4.83. The van der Waals surface area contributed by atoms with Gasteiger partial charge >= 0.3 is 6.36 Å². The second-order valence-corrected chi connectivity index (χ2v) is 5.18. The minimum absolute atomic E-state index is 0.153.